The molecule has 23 heavy (non-hydrogen) atoms. The number of nitrogens with zero attached hydrogens (tertiary/aromatic N) is 4. The van der Waals surface area contributed by atoms with E-state index in [1.165, 1.54) is 11.7 Å². The first-order valence-electron chi connectivity index (χ1n) is 7.17. The molecular weight excluding hydrogens is 306 g/mol. The van der Waals surface area contributed by atoms with Gasteiger partial charge in [-0.05, 0) is 30.7 Å². The van der Waals surface area contributed by atoms with Crippen LogP contribution in [0.5, 0.6) is 0 Å². The number of nitrogens with one attached hydrogen (secondary N) is 1. The van der Waals surface area contributed by atoms with Crippen molar-refractivity contribution in [1.29, 1.82) is 0 Å². The van der Waals surface area contributed by atoms with Gasteiger partial charge in [-0.2, -0.15) is 13.8 Å². The molecule has 0 spiro atoms. The van der Waals surface area contributed by atoms with Gasteiger partial charge < -0.3 is 0 Å². The SMILES string of the molecule is Cc1cccc(-c2[nH]ncc2-c2cccc(-c3cnsn3)c2)n1. The largest absolute Gasteiger partial charge is 0.276 e. The standard InChI is InChI=1S/C17H13N5S/c1-11-4-2-7-15(20-11)17-14(9-18-21-17)12-5-3-6-13(8-12)16-10-19-23-22-16/h2-10H,1H3,(H,18,21). The van der Waals surface area contributed by atoms with Crippen LogP contribution in [-0.2, 0) is 0 Å². The predicted molar refractivity (Wildman–Crippen MR) is 90.9 cm³/mol. The summed E-state index contributed by atoms with van der Waals surface area (Å²) >= 11 is 1.21. The summed E-state index contributed by atoms with van der Waals surface area (Å²) in [4.78, 5) is 4.58. The smallest absolute Gasteiger partial charge is 0.104 e. The van der Waals surface area contributed by atoms with Crippen LogP contribution in [0, 0.1) is 6.92 Å². The van der Waals surface area contributed by atoms with Crippen molar-refractivity contribution in [3.63, 3.8) is 0 Å². The second-order valence-electron chi connectivity index (χ2n) is 5.20. The Morgan fingerprint density at radius 2 is 1.83 bits per heavy atom. The molecule has 0 saturated carbocycles. The van der Waals surface area contributed by atoms with Crippen LogP contribution in [0.2, 0.25) is 0 Å². The van der Waals surface area contributed by atoms with E-state index >= 15 is 0 Å². The molecule has 112 valence electrons. The molecule has 0 aliphatic carbocycles. The van der Waals surface area contributed by atoms with Crippen LogP contribution < -0.4 is 0 Å². The highest BCUT2D eigenvalue weighted by Gasteiger charge is 2.12. The average Bonchev–Trinajstić information content (AvgIpc) is 3.27. The van der Waals surface area contributed by atoms with Gasteiger partial charge in [0.2, 0.25) is 0 Å². The second kappa shape index (κ2) is 5.73. The summed E-state index contributed by atoms with van der Waals surface area (Å²) in [5, 5.41) is 7.27. The molecule has 0 radical (unpaired) electrons. The minimum Gasteiger partial charge on any atom is -0.276 e. The third-order valence-corrected chi connectivity index (χ3v) is 4.09. The third kappa shape index (κ3) is 2.64. The first-order valence-corrected chi connectivity index (χ1v) is 7.90. The minimum absolute atomic E-state index is 0.885. The molecule has 6 heteroatoms. The highest BCUT2D eigenvalue weighted by Crippen LogP contribution is 2.31. The zero-order chi connectivity index (χ0) is 15.6. The lowest BCUT2D eigenvalue weighted by Gasteiger charge is -2.05. The molecule has 0 fully saturated rings. The molecule has 3 aromatic heterocycles. The lowest BCUT2D eigenvalue weighted by Crippen LogP contribution is -1.89. The van der Waals surface area contributed by atoms with Gasteiger partial charge >= 0.3 is 0 Å². The third-order valence-electron chi connectivity index (χ3n) is 3.61. The van der Waals surface area contributed by atoms with Crippen molar-refractivity contribution in [2.24, 2.45) is 0 Å². The van der Waals surface area contributed by atoms with Gasteiger partial charge in [-0.1, -0.05) is 24.3 Å². The van der Waals surface area contributed by atoms with Gasteiger partial charge in [0, 0.05) is 16.8 Å². The van der Waals surface area contributed by atoms with E-state index in [1.807, 2.05) is 43.5 Å². The molecule has 0 aliphatic rings. The number of H-pyrrole nitrogens is 1. The Kier molecular flexibility index (Phi) is 3.44. The van der Waals surface area contributed by atoms with E-state index in [-0.39, 0.29) is 0 Å². The topological polar surface area (TPSA) is 67.3 Å². The van der Waals surface area contributed by atoms with Gasteiger partial charge in [0.25, 0.3) is 0 Å². The number of aromatic nitrogens is 5. The van der Waals surface area contributed by atoms with Crippen LogP contribution in [-0.4, -0.2) is 23.9 Å². The van der Waals surface area contributed by atoms with Crippen molar-refractivity contribution < 1.29 is 0 Å². The number of hydrogen-bond acceptors (Lipinski definition) is 5. The zero-order valence-corrected chi connectivity index (χ0v) is 13.2. The first kappa shape index (κ1) is 13.8. The Labute approximate surface area is 137 Å². The van der Waals surface area contributed by atoms with Gasteiger partial charge in [0.15, 0.2) is 0 Å². The summed E-state index contributed by atoms with van der Waals surface area (Å²) in [6.07, 6.45) is 3.61. The predicted octanol–water partition coefficient (Wildman–Crippen LogP) is 3.97. The quantitative estimate of drug-likeness (QED) is 0.620. The Hall–Kier alpha value is -2.86. The molecule has 1 aromatic carbocycles. The van der Waals surface area contributed by atoms with Crippen LogP contribution in [0.15, 0.2) is 54.9 Å². The summed E-state index contributed by atoms with van der Waals surface area (Å²) in [7, 11) is 0. The van der Waals surface area contributed by atoms with E-state index in [4.69, 9.17) is 0 Å². The van der Waals surface area contributed by atoms with E-state index in [1.54, 1.807) is 6.20 Å². The van der Waals surface area contributed by atoms with Crippen molar-refractivity contribution in [2.75, 3.05) is 0 Å². The van der Waals surface area contributed by atoms with Crippen molar-refractivity contribution in [1.82, 2.24) is 23.9 Å². The summed E-state index contributed by atoms with van der Waals surface area (Å²) in [6.45, 7) is 1.98. The highest BCUT2D eigenvalue weighted by atomic mass is 32.1. The number of aromatic amines is 1. The molecule has 0 unspecified atom stereocenters. The van der Waals surface area contributed by atoms with Crippen molar-refractivity contribution in [2.45, 2.75) is 6.92 Å². The van der Waals surface area contributed by atoms with Crippen LogP contribution in [0.1, 0.15) is 5.69 Å². The molecule has 0 aliphatic heterocycles. The van der Waals surface area contributed by atoms with Crippen LogP contribution in [0.4, 0.5) is 0 Å². The monoisotopic (exact) mass is 319 g/mol. The highest BCUT2D eigenvalue weighted by molar-refractivity contribution is 6.99. The van der Waals surface area contributed by atoms with Gasteiger partial charge in [-0.3, -0.25) is 10.1 Å². The molecule has 4 rings (SSSR count). The summed E-state index contributed by atoms with van der Waals surface area (Å²) in [6, 6.07) is 14.2. The van der Waals surface area contributed by atoms with E-state index < -0.39 is 0 Å². The Bertz CT molecular complexity index is 943. The number of rotatable bonds is 3. The molecule has 4 aromatic rings. The summed E-state index contributed by atoms with van der Waals surface area (Å²) in [5.41, 5.74) is 6.80. The zero-order valence-electron chi connectivity index (χ0n) is 12.4. The minimum atomic E-state index is 0.885. The molecule has 5 nitrogen and oxygen atoms in total. The fourth-order valence-corrected chi connectivity index (χ4v) is 2.96. The van der Waals surface area contributed by atoms with Gasteiger partial charge in [0.05, 0.1) is 35.5 Å². The van der Waals surface area contributed by atoms with Crippen LogP contribution in [0.25, 0.3) is 33.8 Å². The molecule has 0 saturated heterocycles. The van der Waals surface area contributed by atoms with E-state index in [0.717, 1.165) is 39.5 Å². The molecule has 3 heterocycles. The lowest BCUT2D eigenvalue weighted by molar-refractivity contribution is 1.08. The molecule has 1 N–H and O–H groups in total. The molecule has 0 atom stereocenters. The normalized spacial score (nSPS) is 10.8. The van der Waals surface area contributed by atoms with Crippen molar-refractivity contribution in [3.05, 3.63) is 60.6 Å². The number of hydrogen-bond donors (Lipinski definition) is 1. The van der Waals surface area contributed by atoms with Gasteiger partial charge in [-0.15, -0.1) is 0 Å². The Morgan fingerprint density at radius 1 is 0.957 bits per heavy atom. The fourth-order valence-electron chi connectivity index (χ4n) is 2.52. The molecular formula is C17H13N5S. The maximum Gasteiger partial charge on any atom is 0.104 e. The van der Waals surface area contributed by atoms with E-state index in [0.29, 0.717) is 0 Å². The number of pyridine rings is 1. The molecule has 0 amide bonds. The fraction of sp³-hybridized carbons (Fsp3) is 0.0588. The average molecular weight is 319 g/mol. The summed E-state index contributed by atoms with van der Waals surface area (Å²) < 4.78 is 8.36. The molecule has 0 bridgehead atoms. The van der Waals surface area contributed by atoms with Crippen LogP contribution in [0.3, 0.4) is 0 Å². The van der Waals surface area contributed by atoms with Crippen molar-refractivity contribution >= 4 is 11.7 Å². The number of benzene rings is 1. The van der Waals surface area contributed by atoms with E-state index in [9.17, 15) is 0 Å². The Morgan fingerprint density at radius 3 is 2.65 bits per heavy atom. The van der Waals surface area contributed by atoms with Gasteiger partial charge in [-0.25, -0.2) is 0 Å². The summed E-state index contributed by atoms with van der Waals surface area (Å²) in [5.74, 6) is 0. The maximum atomic E-state index is 4.58. The van der Waals surface area contributed by atoms with E-state index in [2.05, 4.69) is 36.1 Å². The lowest BCUT2D eigenvalue weighted by atomic mass is 10.0. The maximum absolute atomic E-state index is 4.58. The first-order chi connectivity index (χ1) is 11.3. The Balaban J connectivity index is 1.81. The number of aryl methyl sites for hydroxylation is 1. The van der Waals surface area contributed by atoms with Crippen LogP contribution >= 0.6 is 11.7 Å². The second-order valence-corrected chi connectivity index (χ2v) is 5.75. The van der Waals surface area contributed by atoms with Gasteiger partial charge in [0.1, 0.15) is 5.69 Å². The van der Waals surface area contributed by atoms with Crippen molar-refractivity contribution in [3.8, 4) is 33.8 Å².